The molecule has 1 aliphatic rings. The molecule has 2 amide bonds. The number of benzene rings is 3. The molecule has 34 heavy (non-hydrogen) atoms. The van der Waals surface area contributed by atoms with Gasteiger partial charge in [0.25, 0.3) is 15.9 Å². The SMILES string of the molecule is O=C(NS(=O)(=O)c1ccc(Br)cc1)[C@@H]1OCC(=O)N(Cc2cccc(Cl)c2)[C@@H]1c1ccccc1. The normalized spacial score (nSPS) is 18.5. The molecular formula is C24H20BrClN2O5S. The van der Waals surface area contributed by atoms with Crippen molar-refractivity contribution >= 4 is 49.4 Å². The fraction of sp³-hybridized carbons (Fsp3) is 0.167. The van der Waals surface area contributed by atoms with Crippen molar-refractivity contribution in [1.82, 2.24) is 9.62 Å². The van der Waals surface area contributed by atoms with Crippen LogP contribution in [-0.2, 0) is 30.9 Å². The maximum atomic E-state index is 13.2. The number of nitrogens with one attached hydrogen (secondary N) is 1. The summed E-state index contributed by atoms with van der Waals surface area (Å²) in [5.74, 6) is -1.19. The van der Waals surface area contributed by atoms with Gasteiger partial charge in [0.1, 0.15) is 6.61 Å². The van der Waals surface area contributed by atoms with Crippen molar-refractivity contribution in [3.8, 4) is 0 Å². The van der Waals surface area contributed by atoms with Crippen molar-refractivity contribution < 1.29 is 22.7 Å². The third-order valence-electron chi connectivity index (χ3n) is 5.33. The van der Waals surface area contributed by atoms with Crippen molar-refractivity contribution in [1.29, 1.82) is 0 Å². The lowest BCUT2D eigenvalue weighted by Crippen LogP contribution is -2.54. The van der Waals surface area contributed by atoms with Crippen LogP contribution in [0, 0.1) is 0 Å². The Morgan fingerprint density at radius 1 is 1.06 bits per heavy atom. The fourth-order valence-corrected chi connectivity index (χ4v) is 5.23. The van der Waals surface area contributed by atoms with Gasteiger partial charge >= 0.3 is 0 Å². The average molecular weight is 564 g/mol. The number of ether oxygens (including phenoxy) is 1. The van der Waals surface area contributed by atoms with Crippen molar-refractivity contribution in [3.63, 3.8) is 0 Å². The van der Waals surface area contributed by atoms with Gasteiger partial charge in [-0.15, -0.1) is 0 Å². The summed E-state index contributed by atoms with van der Waals surface area (Å²) in [5, 5.41) is 0.518. The molecule has 10 heteroatoms. The molecule has 7 nitrogen and oxygen atoms in total. The lowest BCUT2D eigenvalue weighted by Gasteiger charge is -2.40. The van der Waals surface area contributed by atoms with Crippen LogP contribution < -0.4 is 4.72 Å². The highest BCUT2D eigenvalue weighted by molar-refractivity contribution is 9.10. The number of morpholine rings is 1. The third-order valence-corrected chi connectivity index (χ3v) is 7.46. The highest BCUT2D eigenvalue weighted by atomic mass is 79.9. The zero-order valence-corrected chi connectivity index (χ0v) is 20.9. The highest BCUT2D eigenvalue weighted by Gasteiger charge is 2.42. The first kappa shape index (κ1) is 24.4. The zero-order chi connectivity index (χ0) is 24.3. The Bertz CT molecular complexity index is 1300. The van der Waals surface area contributed by atoms with Crippen LogP contribution in [0.5, 0.6) is 0 Å². The first-order chi connectivity index (χ1) is 16.2. The highest BCUT2D eigenvalue weighted by Crippen LogP contribution is 2.32. The summed E-state index contributed by atoms with van der Waals surface area (Å²) in [5.41, 5.74) is 1.41. The minimum atomic E-state index is -4.15. The molecule has 0 bridgehead atoms. The molecule has 0 radical (unpaired) electrons. The van der Waals surface area contributed by atoms with Crippen LogP contribution in [0.2, 0.25) is 5.02 Å². The van der Waals surface area contributed by atoms with Crippen molar-refractivity contribution in [2.45, 2.75) is 23.6 Å². The summed E-state index contributed by atoms with van der Waals surface area (Å²) in [6.45, 7) is -0.189. The number of hydrogen-bond acceptors (Lipinski definition) is 5. The molecule has 1 fully saturated rings. The summed E-state index contributed by atoms with van der Waals surface area (Å²) < 4.78 is 34.0. The second-order valence-corrected chi connectivity index (χ2v) is 10.7. The Hall–Kier alpha value is -2.72. The Balaban J connectivity index is 1.66. The van der Waals surface area contributed by atoms with E-state index in [1.165, 1.54) is 17.0 Å². The van der Waals surface area contributed by atoms with E-state index in [1.807, 2.05) is 12.1 Å². The molecule has 3 aromatic rings. The third kappa shape index (κ3) is 5.50. The molecule has 4 rings (SSSR count). The second kappa shape index (κ2) is 10.3. The number of carbonyl (C=O) groups excluding carboxylic acids is 2. The maximum Gasteiger partial charge on any atom is 0.265 e. The van der Waals surface area contributed by atoms with Gasteiger partial charge < -0.3 is 9.64 Å². The van der Waals surface area contributed by atoms with E-state index in [1.54, 1.807) is 54.6 Å². The van der Waals surface area contributed by atoms with Gasteiger partial charge in [-0.2, -0.15) is 0 Å². The summed E-state index contributed by atoms with van der Waals surface area (Å²) in [6.07, 6.45) is -1.25. The number of carbonyl (C=O) groups is 2. The Morgan fingerprint density at radius 3 is 2.44 bits per heavy atom. The number of hydrogen-bond donors (Lipinski definition) is 1. The van der Waals surface area contributed by atoms with Gasteiger partial charge in [-0.1, -0.05) is 70.0 Å². The molecule has 1 heterocycles. The number of rotatable bonds is 6. The molecule has 0 aliphatic carbocycles. The molecule has 176 valence electrons. The Kier molecular flexibility index (Phi) is 7.37. The van der Waals surface area contributed by atoms with E-state index in [4.69, 9.17) is 16.3 Å². The first-order valence-corrected chi connectivity index (χ1v) is 12.9. The largest absolute Gasteiger partial charge is 0.356 e. The van der Waals surface area contributed by atoms with Crippen LogP contribution in [0.15, 0.2) is 88.2 Å². The van der Waals surface area contributed by atoms with Crippen LogP contribution in [0.4, 0.5) is 0 Å². The van der Waals surface area contributed by atoms with Crippen molar-refractivity contribution in [2.24, 2.45) is 0 Å². The molecule has 0 saturated carbocycles. The van der Waals surface area contributed by atoms with E-state index in [0.29, 0.717) is 15.1 Å². The zero-order valence-electron chi connectivity index (χ0n) is 17.7. The van der Waals surface area contributed by atoms with E-state index in [-0.39, 0.29) is 24.0 Å². The molecular weight excluding hydrogens is 544 g/mol. The van der Waals surface area contributed by atoms with Crippen LogP contribution in [0.25, 0.3) is 0 Å². The van der Waals surface area contributed by atoms with Gasteiger partial charge in [0.2, 0.25) is 5.91 Å². The van der Waals surface area contributed by atoms with Crippen LogP contribution >= 0.6 is 27.5 Å². The minimum Gasteiger partial charge on any atom is -0.356 e. The lowest BCUT2D eigenvalue weighted by atomic mass is 9.96. The smallest absolute Gasteiger partial charge is 0.265 e. The summed E-state index contributed by atoms with van der Waals surface area (Å²) in [6, 6.07) is 21.0. The summed E-state index contributed by atoms with van der Waals surface area (Å²) in [7, 11) is -4.15. The van der Waals surface area contributed by atoms with Gasteiger partial charge in [0, 0.05) is 16.0 Å². The van der Waals surface area contributed by atoms with E-state index in [0.717, 1.165) is 5.56 Å². The van der Waals surface area contributed by atoms with Crippen LogP contribution in [-0.4, -0.2) is 37.8 Å². The maximum absolute atomic E-state index is 13.2. The number of sulfonamides is 1. The predicted octanol–water partition coefficient (Wildman–Crippen LogP) is 4.08. The van der Waals surface area contributed by atoms with E-state index in [9.17, 15) is 18.0 Å². The molecule has 1 saturated heterocycles. The van der Waals surface area contributed by atoms with Gasteiger partial charge in [-0.3, -0.25) is 9.59 Å². The van der Waals surface area contributed by atoms with Crippen molar-refractivity contribution in [2.75, 3.05) is 6.61 Å². The molecule has 1 aliphatic heterocycles. The van der Waals surface area contributed by atoms with Crippen LogP contribution in [0.3, 0.4) is 0 Å². The van der Waals surface area contributed by atoms with Gasteiger partial charge in [-0.25, -0.2) is 13.1 Å². The number of amides is 2. The van der Waals surface area contributed by atoms with E-state index in [2.05, 4.69) is 20.7 Å². The number of halogens is 2. The minimum absolute atomic E-state index is 0.0667. The molecule has 3 aromatic carbocycles. The first-order valence-electron chi connectivity index (χ1n) is 10.3. The molecule has 0 aromatic heterocycles. The summed E-state index contributed by atoms with van der Waals surface area (Å²) in [4.78, 5) is 27.5. The monoisotopic (exact) mass is 562 g/mol. The fourth-order valence-electron chi connectivity index (χ4n) is 3.76. The quantitative estimate of drug-likeness (QED) is 0.488. The lowest BCUT2D eigenvalue weighted by molar-refractivity contribution is -0.164. The van der Waals surface area contributed by atoms with Gasteiger partial charge in [-0.05, 0) is 47.5 Å². The topological polar surface area (TPSA) is 92.8 Å². The van der Waals surface area contributed by atoms with Crippen LogP contribution in [0.1, 0.15) is 17.2 Å². The van der Waals surface area contributed by atoms with E-state index < -0.39 is 28.1 Å². The van der Waals surface area contributed by atoms with E-state index >= 15 is 0 Å². The molecule has 0 spiro atoms. The molecule has 1 N–H and O–H groups in total. The second-order valence-electron chi connectivity index (χ2n) is 7.66. The number of nitrogens with zero attached hydrogens (tertiary/aromatic N) is 1. The standard InChI is InChI=1S/C24H20BrClN2O5S/c25-18-9-11-20(12-10-18)34(31,32)27-24(30)23-22(17-6-2-1-3-7-17)28(21(29)15-33-23)14-16-5-4-8-19(26)13-16/h1-13,22-23H,14-15H2,(H,27,30)/t22-,23-/m1/s1. The average Bonchev–Trinajstić information content (AvgIpc) is 2.81. The Labute approximate surface area is 210 Å². The van der Waals surface area contributed by atoms with Crippen molar-refractivity contribution in [3.05, 3.63) is 99.5 Å². The van der Waals surface area contributed by atoms with Gasteiger partial charge in [0.15, 0.2) is 6.10 Å². The molecule has 0 unspecified atom stereocenters. The van der Waals surface area contributed by atoms with Gasteiger partial charge in [0.05, 0.1) is 10.9 Å². The summed E-state index contributed by atoms with van der Waals surface area (Å²) >= 11 is 9.37. The molecule has 2 atom stereocenters. The Morgan fingerprint density at radius 2 is 1.76 bits per heavy atom. The predicted molar refractivity (Wildman–Crippen MR) is 130 cm³/mol.